The number of rotatable bonds is 11. The molecular weight excluding hydrogens is 554 g/mol. The molecule has 13 heteroatoms. The lowest BCUT2D eigenvalue weighted by Crippen LogP contribution is -2.30. The van der Waals surface area contributed by atoms with E-state index in [2.05, 4.69) is 40.9 Å². The van der Waals surface area contributed by atoms with Crippen molar-refractivity contribution < 1.29 is 13.2 Å². The number of sulfone groups is 1. The topological polar surface area (TPSA) is 165 Å². The molecule has 0 bridgehead atoms. The van der Waals surface area contributed by atoms with Gasteiger partial charge in [-0.1, -0.05) is 6.07 Å². The van der Waals surface area contributed by atoms with E-state index in [0.29, 0.717) is 46.9 Å². The minimum Gasteiger partial charge on any atom is -0.369 e. The van der Waals surface area contributed by atoms with Crippen molar-refractivity contribution in [1.82, 2.24) is 35.2 Å². The SMILES string of the molecule is CCNC(=O)CNc1nc(-c2cccc(-c3ccnc(-c4nc(C)c(C)c(NCCS(C)(=O)=O)n4)c3)n2)nc(C)c1C. The van der Waals surface area contributed by atoms with Crippen LogP contribution in [0.15, 0.2) is 36.5 Å². The molecule has 0 spiro atoms. The predicted molar refractivity (Wildman–Crippen MR) is 164 cm³/mol. The van der Waals surface area contributed by atoms with Gasteiger partial charge in [-0.05, 0) is 58.9 Å². The van der Waals surface area contributed by atoms with Gasteiger partial charge in [0.1, 0.15) is 32.9 Å². The molecular formula is C29H35N9O3S. The maximum Gasteiger partial charge on any atom is 0.239 e. The van der Waals surface area contributed by atoms with Gasteiger partial charge < -0.3 is 16.0 Å². The number of carbonyl (C=O) groups is 1. The Morgan fingerprint density at radius 3 is 2.07 bits per heavy atom. The fourth-order valence-corrected chi connectivity index (χ4v) is 4.51. The fourth-order valence-electron chi connectivity index (χ4n) is 4.04. The second-order valence-corrected chi connectivity index (χ2v) is 12.2. The molecule has 4 aromatic rings. The summed E-state index contributed by atoms with van der Waals surface area (Å²) in [4.78, 5) is 39.8. The Morgan fingerprint density at radius 1 is 0.810 bits per heavy atom. The third kappa shape index (κ3) is 7.60. The Balaban J connectivity index is 1.63. The highest BCUT2D eigenvalue weighted by molar-refractivity contribution is 7.90. The van der Waals surface area contributed by atoms with E-state index < -0.39 is 9.84 Å². The minimum atomic E-state index is -3.11. The van der Waals surface area contributed by atoms with Crippen molar-refractivity contribution in [3.05, 3.63) is 59.0 Å². The summed E-state index contributed by atoms with van der Waals surface area (Å²) in [6.07, 6.45) is 2.87. The van der Waals surface area contributed by atoms with E-state index in [1.165, 1.54) is 6.26 Å². The second-order valence-electron chi connectivity index (χ2n) is 9.91. The van der Waals surface area contributed by atoms with Crippen molar-refractivity contribution in [2.45, 2.75) is 34.6 Å². The molecule has 0 aliphatic heterocycles. The zero-order valence-electron chi connectivity index (χ0n) is 24.6. The van der Waals surface area contributed by atoms with Gasteiger partial charge in [-0.25, -0.2) is 33.3 Å². The maximum atomic E-state index is 12.0. The van der Waals surface area contributed by atoms with Gasteiger partial charge in [-0.3, -0.25) is 9.78 Å². The molecule has 12 nitrogen and oxygen atoms in total. The first-order valence-corrected chi connectivity index (χ1v) is 15.6. The van der Waals surface area contributed by atoms with Crippen LogP contribution in [0.5, 0.6) is 0 Å². The molecule has 4 rings (SSSR count). The molecule has 42 heavy (non-hydrogen) atoms. The number of hydrogen-bond acceptors (Lipinski definition) is 11. The van der Waals surface area contributed by atoms with Gasteiger partial charge in [-0.2, -0.15) is 0 Å². The molecule has 3 N–H and O–H groups in total. The Morgan fingerprint density at radius 2 is 1.43 bits per heavy atom. The van der Waals surface area contributed by atoms with Crippen LogP contribution in [0.2, 0.25) is 0 Å². The largest absolute Gasteiger partial charge is 0.369 e. The van der Waals surface area contributed by atoms with Gasteiger partial charge >= 0.3 is 0 Å². The molecule has 220 valence electrons. The van der Waals surface area contributed by atoms with E-state index in [0.717, 1.165) is 28.1 Å². The van der Waals surface area contributed by atoms with Gasteiger partial charge in [0.15, 0.2) is 11.6 Å². The quantitative estimate of drug-likeness (QED) is 0.235. The summed E-state index contributed by atoms with van der Waals surface area (Å²) in [7, 11) is -3.11. The van der Waals surface area contributed by atoms with Crippen LogP contribution in [0, 0.1) is 27.7 Å². The maximum absolute atomic E-state index is 12.0. The number of nitrogens with one attached hydrogen (secondary N) is 3. The predicted octanol–water partition coefficient (Wildman–Crippen LogP) is 3.30. The molecule has 4 aromatic heterocycles. The number of carbonyl (C=O) groups excluding carboxylic acids is 1. The lowest BCUT2D eigenvalue weighted by molar-refractivity contribution is -0.119. The van der Waals surface area contributed by atoms with Gasteiger partial charge in [0.2, 0.25) is 5.91 Å². The highest BCUT2D eigenvalue weighted by Crippen LogP contribution is 2.27. The van der Waals surface area contributed by atoms with Crippen molar-refractivity contribution in [2.75, 3.05) is 42.3 Å². The monoisotopic (exact) mass is 589 g/mol. The molecule has 0 atom stereocenters. The van der Waals surface area contributed by atoms with E-state index in [-0.39, 0.29) is 24.7 Å². The van der Waals surface area contributed by atoms with Crippen LogP contribution in [0.25, 0.3) is 34.3 Å². The van der Waals surface area contributed by atoms with Crippen molar-refractivity contribution in [1.29, 1.82) is 0 Å². The first-order valence-electron chi connectivity index (χ1n) is 13.5. The molecule has 0 saturated carbocycles. The summed E-state index contributed by atoms with van der Waals surface area (Å²) in [5, 5.41) is 8.98. The van der Waals surface area contributed by atoms with Gasteiger partial charge in [0.05, 0.1) is 18.0 Å². The molecule has 0 saturated heterocycles. The normalized spacial score (nSPS) is 11.3. The van der Waals surface area contributed by atoms with Crippen LogP contribution in [0.1, 0.15) is 29.4 Å². The van der Waals surface area contributed by atoms with E-state index in [1.807, 2.05) is 65.0 Å². The third-order valence-corrected chi connectivity index (χ3v) is 7.54. The van der Waals surface area contributed by atoms with Crippen molar-refractivity contribution in [3.63, 3.8) is 0 Å². The highest BCUT2D eigenvalue weighted by atomic mass is 32.2. The molecule has 0 radical (unpaired) electrons. The highest BCUT2D eigenvalue weighted by Gasteiger charge is 2.15. The van der Waals surface area contributed by atoms with Crippen LogP contribution in [0.4, 0.5) is 11.6 Å². The standard InChI is InChI=1S/C29H35N9O3S/c1-7-30-25(39)16-33-27-18(3)20(5)34-28(38-27)23-10-8-9-22(36-23)21-11-12-31-24(15-21)29-35-19(4)17(2)26(37-29)32-13-14-42(6,40)41/h8-12,15H,7,13-14,16H2,1-6H3,(H,30,39)(H,32,35,37)(H,33,34,38). The Labute approximate surface area is 245 Å². The van der Waals surface area contributed by atoms with Crippen molar-refractivity contribution in [3.8, 4) is 34.3 Å². The molecule has 0 aliphatic carbocycles. The third-order valence-electron chi connectivity index (χ3n) is 6.60. The van der Waals surface area contributed by atoms with E-state index >= 15 is 0 Å². The first kappa shape index (κ1) is 30.4. The Kier molecular flexibility index (Phi) is 9.41. The molecule has 0 fully saturated rings. The smallest absolute Gasteiger partial charge is 0.239 e. The summed E-state index contributed by atoms with van der Waals surface area (Å²) >= 11 is 0. The summed E-state index contributed by atoms with van der Waals surface area (Å²) in [5.41, 5.74) is 5.85. The van der Waals surface area contributed by atoms with Crippen LogP contribution >= 0.6 is 0 Å². The number of aromatic nitrogens is 6. The zero-order valence-corrected chi connectivity index (χ0v) is 25.4. The number of aryl methyl sites for hydroxylation is 2. The van der Waals surface area contributed by atoms with Crippen LogP contribution < -0.4 is 16.0 Å². The number of amides is 1. The lowest BCUT2D eigenvalue weighted by atomic mass is 10.1. The number of hydrogen-bond donors (Lipinski definition) is 3. The summed E-state index contributed by atoms with van der Waals surface area (Å²) in [6, 6.07) is 9.32. The van der Waals surface area contributed by atoms with Crippen LogP contribution in [0.3, 0.4) is 0 Å². The molecule has 0 aromatic carbocycles. The fraction of sp³-hybridized carbons (Fsp3) is 0.345. The minimum absolute atomic E-state index is 0.00344. The van der Waals surface area contributed by atoms with Gasteiger partial charge in [0, 0.05) is 53.6 Å². The van der Waals surface area contributed by atoms with Gasteiger partial charge in [-0.15, -0.1) is 0 Å². The van der Waals surface area contributed by atoms with E-state index in [4.69, 9.17) is 4.98 Å². The number of pyridine rings is 2. The lowest BCUT2D eigenvalue weighted by Gasteiger charge is -2.13. The molecule has 0 aliphatic rings. The zero-order chi connectivity index (χ0) is 30.4. The number of anilines is 2. The Bertz CT molecular complexity index is 1730. The molecule has 4 heterocycles. The van der Waals surface area contributed by atoms with Crippen LogP contribution in [-0.2, 0) is 14.6 Å². The summed E-state index contributed by atoms with van der Waals surface area (Å²) in [6.45, 7) is 10.3. The van der Waals surface area contributed by atoms with Gasteiger partial charge in [0.25, 0.3) is 0 Å². The molecule has 0 unspecified atom stereocenters. The van der Waals surface area contributed by atoms with Crippen molar-refractivity contribution in [2.24, 2.45) is 0 Å². The number of nitrogens with zero attached hydrogens (tertiary/aromatic N) is 6. The van der Waals surface area contributed by atoms with E-state index in [9.17, 15) is 13.2 Å². The average Bonchev–Trinajstić information content (AvgIpc) is 2.95. The summed E-state index contributed by atoms with van der Waals surface area (Å²) in [5.74, 6) is 1.88. The first-order chi connectivity index (χ1) is 19.9. The molecule has 1 amide bonds. The van der Waals surface area contributed by atoms with Crippen LogP contribution in [-0.4, -0.2) is 75.9 Å². The van der Waals surface area contributed by atoms with Crippen molar-refractivity contribution >= 4 is 27.4 Å². The number of likely N-dealkylation sites (N-methyl/N-ethyl adjacent to an activating group) is 1. The van der Waals surface area contributed by atoms with E-state index in [1.54, 1.807) is 6.20 Å². The second kappa shape index (κ2) is 13.0. The average molecular weight is 590 g/mol. The summed E-state index contributed by atoms with van der Waals surface area (Å²) < 4.78 is 23.1. The Hall–Kier alpha value is -4.52.